The summed E-state index contributed by atoms with van der Waals surface area (Å²) in [6.45, 7) is 2.04. The van der Waals surface area contributed by atoms with E-state index in [0.717, 1.165) is 5.56 Å². The van der Waals surface area contributed by atoms with Crippen LogP contribution in [0.5, 0.6) is 0 Å². The fraction of sp³-hybridized carbons (Fsp3) is 0.154. The molecule has 2 aromatic carbocycles. The average Bonchev–Trinajstić information content (AvgIpc) is 3.11. The van der Waals surface area contributed by atoms with Gasteiger partial charge in [-0.3, -0.25) is 24.3 Å². The Kier molecular flexibility index (Phi) is 6.31. The first-order valence-electron chi connectivity index (χ1n) is 10.5. The first-order valence-corrected chi connectivity index (χ1v) is 10.5. The number of hydrogen-bond donors (Lipinski definition) is 1. The molecule has 4 rings (SSSR count). The van der Waals surface area contributed by atoms with Gasteiger partial charge in [0.1, 0.15) is 5.76 Å². The van der Waals surface area contributed by atoms with Crippen LogP contribution < -0.4 is 4.90 Å². The number of hydrogen-bond acceptors (Lipinski definition) is 6. The van der Waals surface area contributed by atoms with Crippen molar-refractivity contribution in [2.24, 2.45) is 0 Å². The largest absolute Gasteiger partial charge is 0.507 e. The number of carbonyl (C=O) groups excluding carboxylic acids is 3. The number of Topliss-reactive ketones (excluding diaryl/α,β-unsaturated/α-hetero) is 1. The number of anilines is 1. The van der Waals surface area contributed by atoms with Crippen LogP contribution in [0.4, 0.5) is 5.69 Å². The molecular formula is C26H22N2O5. The number of esters is 1. The van der Waals surface area contributed by atoms with Gasteiger partial charge in [0.05, 0.1) is 24.6 Å². The number of aliphatic hydroxyl groups excluding tert-OH is 1. The van der Waals surface area contributed by atoms with Crippen molar-refractivity contribution < 1.29 is 24.2 Å². The molecule has 1 aliphatic rings. The molecule has 7 nitrogen and oxygen atoms in total. The molecule has 3 aromatic rings. The summed E-state index contributed by atoms with van der Waals surface area (Å²) in [6, 6.07) is 18.0. The highest BCUT2D eigenvalue weighted by Gasteiger charge is 2.46. The smallest absolute Gasteiger partial charge is 0.310 e. The van der Waals surface area contributed by atoms with Gasteiger partial charge in [0, 0.05) is 23.6 Å². The van der Waals surface area contributed by atoms with E-state index in [4.69, 9.17) is 4.74 Å². The first-order chi connectivity index (χ1) is 16.0. The Balaban J connectivity index is 1.78. The molecule has 1 N–H and O–H groups in total. The van der Waals surface area contributed by atoms with E-state index in [0.29, 0.717) is 23.4 Å². The highest BCUT2D eigenvalue weighted by atomic mass is 16.5. The van der Waals surface area contributed by atoms with Crippen LogP contribution in [-0.2, 0) is 25.5 Å². The number of ether oxygens (including phenoxy) is 1. The second-order valence-electron chi connectivity index (χ2n) is 7.46. The molecule has 2 heterocycles. The highest BCUT2D eigenvalue weighted by molar-refractivity contribution is 6.51. The van der Waals surface area contributed by atoms with Crippen LogP contribution in [0.3, 0.4) is 0 Å². The van der Waals surface area contributed by atoms with Crippen molar-refractivity contribution in [3.63, 3.8) is 0 Å². The molecule has 0 aliphatic carbocycles. The van der Waals surface area contributed by atoms with Gasteiger partial charge in [0.25, 0.3) is 11.7 Å². The Labute approximate surface area is 191 Å². The number of benzene rings is 2. The number of aliphatic hydroxyl groups is 1. The molecule has 33 heavy (non-hydrogen) atoms. The Bertz CT molecular complexity index is 1200. The quantitative estimate of drug-likeness (QED) is 0.270. The highest BCUT2D eigenvalue weighted by Crippen LogP contribution is 2.41. The van der Waals surface area contributed by atoms with Crippen molar-refractivity contribution in [3.05, 3.63) is 101 Å². The number of pyridine rings is 1. The van der Waals surface area contributed by atoms with Gasteiger partial charge in [-0.05, 0) is 42.3 Å². The van der Waals surface area contributed by atoms with Gasteiger partial charge in [-0.25, -0.2) is 0 Å². The average molecular weight is 442 g/mol. The SMILES string of the molecule is CCOC(=O)Cc1ccc(N2C(=O)C(=O)/C(=C(\O)c3ccccc3)C2c2ccncc2)cc1. The van der Waals surface area contributed by atoms with Crippen LogP contribution in [0.1, 0.15) is 29.7 Å². The Morgan fingerprint density at radius 1 is 1.00 bits per heavy atom. The number of aromatic nitrogens is 1. The Morgan fingerprint density at radius 3 is 2.30 bits per heavy atom. The van der Waals surface area contributed by atoms with Crippen molar-refractivity contribution >= 4 is 29.1 Å². The minimum atomic E-state index is -0.830. The Hall–Kier alpha value is -4.26. The second kappa shape index (κ2) is 9.48. The molecule has 1 amide bonds. The van der Waals surface area contributed by atoms with Gasteiger partial charge in [-0.2, -0.15) is 0 Å². The zero-order chi connectivity index (χ0) is 23.4. The summed E-state index contributed by atoms with van der Waals surface area (Å²) in [6.07, 6.45) is 3.25. The van der Waals surface area contributed by atoms with Gasteiger partial charge in [-0.1, -0.05) is 42.5 Å². The van der Waals surface area contributed by atoms with E-state index in [9.17, 15) is 19.5 Å². The molecule has 1 saturated heterocycles. The van der Waals surface area contributed by atoms with Crippen molar-refractivity contribution in [1.82, 2.24) is 4.98 Å². The van der Waals surface area contributed by atoms with Gasteiger partial charge in [0.15, 0.2) is 0 Å². The maximum Gasteiger partial charge on any atom is 0.310 e. The van der Waals surface area contributed by atoms with Gasteiger partial charge in [0.2, 0.25) is 0 Å². The van der Waals surface area contributed by atoms with Crippen molar-refractivity contribution in [3.8, 4) is 0 Å². The van der Waals surface area contributed by atoms with Crippen molar-refractivity contribution in [2.45, 2.75) is 19.4 Å². The van der Waals surface area contributed by atoms with Gasteiger partial charge < -0.3 is 9.84 Å². The molecule has 1 fully saturated rings. The first kappa shape index (κ1) is 22.0. The molecule has 1 unspecified atom stereocenters. The van der Waals surface area contributed by atoms with Crippen LogP contribution >= 0.6 is 0 Å². The summed E-state index contributed by atoms with van der Waals surface area (Å²) >= 11 is 0. The monoisotopic (exact) mass is 442 g/mol. The molecule has 7 heteroatoms. The van der Waals surface area contributed by atoms with Crippen LogP contribution in [0, 0.1) is 0 Å². The minimum Gasteiger partial charge on any atom is -0.507 e. The van der Waals surface area contributed by atoms with Crippen molar-refractivity contribution in [2.75, 3.05) is 11.5 Å². The van der Waals surface area contributed by atoms with Crippen LogP contribution in [0.15, 0.2) is 84.7 Å². The van der Waals surface area contributed by atoms with Crippen LogP contribution in [-0.4, -0.2) is 34.4 Å². The third kappa shape index (κ3) is 4.39. The van der Waals surface area contributed by atoms with Gasteiger partial charge >= 0.3 is 5.97 Å². The zero-order valence-corrected chi connectivity index (χ0v) is 18.0. The molecule has 1 aromatic heterocycles. The van der Waals surface area contributed by atoms with Gasteiger partial charge in [-0.15, -0.1) is 0 Å². The molecular weight excluding hydrogens is 420 g/mol. The molecule has 0 saturated carbocycles. The molecule has 0 bridgehead atoms. The lowest BCUT2D eigenvalue weighted by atomic mass is 9.95. The van der Waals surface area contributed by atoms with E-state index in [1.165, 1.54) is 4.90 Å². The summed E-state index contributed by atoms with van der Waals surface area (Å²) in [5.41, 5.74) is 2.28. The van der Waals surface area contributed by atoms with E-state index in [-0.39, 0.29) is 23.7 Å². The molecule has 0 spiro atoms. The number of rotatable bonds is 6. The predicted octanol–water partition coefficient (Wildman–Crippen LogP) is 3.81. The minimum absolute atomic E-state index is 0.00741. The normalized spacial score (nSPS) is 17.2. The summed E-state index contributed by atoms with van der Waals surface area (Å²) < 4.78 is 4.98. The fourth-order valence-electron chi connectivity index (χ4n) is 3.86. The van der Waals surface area contributed by atoms with E-state index in [2.05, 4.69) is 4.98 Å². The summed E-state index contributed by atoms with van der Waals surface area (Å²) in [5, 5.41) is 11.0. The van der Waals surface area contributed by atoms with Crippen LogP contribution in [0.2, 0.25) is 0 Å². The lowest BCUT2D eigenvalue weighted by Gasteiger charge is -2.25. The standard InChI is InChI=1S/C26H22N2O5/c1-2-33-21(29)16-17-8-10-20(11-9-17)28-23(18-12-14-27-15-13-18)22(25(31)26(28)32)24(30)19-6-4-3-5-7-19/h3-15,23,30H,2,16H2,1H3/b24-22-. The summed E-state index contributed by atoms with van der Waals surface area (Å²) in [7, 11) is 0. The predicted molar refractivity (Wildman–Crippen MR) is 122 cm³/mol. The molecule has 1 aliphatic heterocycles. The lowest BCUT2D eigenvalue weighted by Crippen LogP contribution is -2.29. The third-order valence-corrected chi connectivity index (χ3v) is 5.38. The van der Waals surface area contributed by atoms with E-state index in [1.807, 2.05) is 0 Å². The molecule has 166 valence electrons. The van der Waals surface area contributed by atoms with E-state index in [1.54, 1.807) is 86.0 Å². The number of nitrogens with zero attached hydrogens (tertiary/aromatic N) is 2. The Morgan fingerprint density at radius 2 is 1.67 bits per heavy atom. The van der Waals surface area contributed by atoms with Crippen LogP contribution in [0.25, 0.3) is 5.76 Å². The topological polar surface area (TPSA) is 96.8 Å². The number of amides is 1. The molecule has 0 radical (unpaired) electrons. The summed E-state index contributed by atoms with van der Waals surface area (Å²) in [4.78, 5) is 43.4. The third-order valence-electron chi connectivity index (χ3n) is 5.38. The lowest BCUT2D eigenvalue weighted by molar-refractivity contribution is -0.142. The number of ketones is 1. The van der Waals surface area contributed by atoms with E-state index >= 15 is 0 Å². The maximum absolute atomic E-state index is 13.1. The second-order valence-corrected chi connectivity index (χ2v) is 7.46. The summed E-state index contributed by atoms with van der Waals surface area (Å²) in [5.74, 6) is -2.09. The number of carbonyl (C=O) groups is 3. The van der Waals surface area contributed by atoms with Crippen molar-refractivity contribution in [1.29, 1.82) is 0 Å². The molecule has 1 atom stereocenters. The maximum atomic E-state index is 13.1. The zero-order valence-electron chi connectivity index (χ0n) is 18.0. The fourth-order valence-corrected chi connectivity index (χ4v) is 3.86. The van der Waals surface area contributed by atoms with E-state index < -0.39 is 17.7 Å².